The van der Waals surface area contributed by atoms with Crippen LogP contribution in [0.4, 0.5) is 0 Å². The fraction of sp³-hybridized carbons (Fsp3) is 0.276. The van der Waals surface area contributed by atoms with E-state index in [0.29, 0.717) is 11.6 Å². The van der Waals surface area contributed by atoms with Crippen LogP contribution in [-0.2, 0) is 4.79 Å². The number of rotatable bonds is 7. The number of hydrogen-bond acceptors (Lipinski definition) is 5. The number of pyridine rings is 1. The maximum Gasteiger partial charge on any atom is 0.253 e. The number of fused-ring (bicyclic) bond motifs is 1. The third-order valence-electron chi connectivity index (χ3n) is 5.79. The molecule has 4 rings (SSSR count). The zero-order chi connectivity index (χ0) is 27.1. The number of benzene rings is 2. The first kappa shape index (κ1) is 27.4. The second-order valence-corrected chi connectivity index (χ2v) is 9.25. The minimum Gasteiger partial charge on any atom is -0.496 e. The van der Waals surface area contributed by atoms with Crippen molar-refractivity contribution in [3.63, 3.8) is 0 Å². The van der Waals surface area contributed by atoms with Crippen LogP contribution in [0, 0.1) is 0 Å². The van der Waals surface area contributed by atoms with Crippen LogP contribution in [0.5, 0.6) is 5.75 Å². The van der Waals surface area contributed by atoms with Crippen molar-refractivity contribution < 1.29 is 14.3 Å². The molecule has 37 heavy (non-hydrogen) atoms. The lowest BCUT2D eigenvalue weighted by atomic mass is 10.0. The van der Waals surface area contributed by atoms with Crippen molar-refractivity contribution in [2.24, 2.45) is 5.73 Å². The number of primary amides is 1. The van der Waals surface area contributed by atoms with Crippen LogP contribution < -0.4 is 15.8 Å². The third kappa shape index (κ3) is 6.74. The maximum absolute atomic E-state index is 12.3. The number of hydrogen-bond donors (Lipinski definition) is 3. The molecule has 0 spiro atoms. The van der Waals surface area contributed by atoms with Gasteiger partial charge in [-0.1, -0.05) is 44.2 Å². The molecule has 0 aliphatic rings. The van der Waals surface area contributed by atoms with Crippen LogP contribution in [0.2, 0.25) is 0 Å². The second kappa shape index (κ2) is 12.2. The molecule has 0 bridgehead atoms. The number of methoxy groups -OCH3 is 1. The molecule has 2 heterocycles. The van der Waals surface area contributed by atoms with Gasteiger partial charge >= 0.3 is 0 Å². The number of amides is 2. The van der Waals surface area contributed by atoms with Crippen LogP contribution >= 0.6 is 0 Å². The Hall–Kier alpha value is -4.17. The number of H-pyrrole nitrogens is 1. The van der Waals surface area contributed by atoms with Crippen molar-refractivity contribution >= 4 is 22.8 Å². The number of carbonyl (C=O) groups excluding carboxylic acids is 2. The monoisotopic (exact) mass is 501 g/mol. The normalized spacial score (nSPS) is 11.5. The average molecular weight is 502 g/mol. The van der Waals surface area contributed by atoms with Crippen molar-refractivity contribution in [3.8, 4) is 28.0 Å². The first-order chi connectivity index (χ1) is 17.6. The molecule has 4 aromatic rings. The summed E-state index contributed by atoms with van der Waals surface area (Å²) in [5.41, 5.74) is 10.4. The lowest BCUT2D eigenvalue weighted by Crippen LogP contribution is -2.42. The average Bonchev–Trinajstić information content (AvgIpc) is 3.31. The SMILES string of the molecule is CC(C)N[C@H](C)C(N)=O.COc1ccccc1-c1c[nH]c2ncc(-c3cccc(C(=O)N(C)C)c3)cc12. The van der Waals surface area contributed by atoms with Crippen LogP contribution in [0.1, 0.15) is 31.1 Å². The standard InChI is InChI=1S/C23H21N3O2.C6H14N2O/c1-26(2)23(27)16-8-6-7-15(11-16)17-12-19-20(14-25-22(19)24-13-17)18-9-4-5-10-21(18)28-3;1-4(2)8-5(3)6(7)9/h4-14H,1-3H3,(H,24,25);4-5,8H,1-3H3,(H2,7,9)/t;5-/m.1/s1. The smallest absolute Gasteiger partial charge is 0.253 e. The van der Waals surface area contributed by atoms with Gasteiger partial charge in [0.15, 0.2) is 0 Å². The van der Waals surface area contributed by atoms with Gasteiger partial charge in [-0.2, -0.15) is 0 Å². The molecule has 2 amide bonds. The highest BCUT2D eigenvalue weighted by Crippen LogP contribution is 2.36. The van der Waals surface area contributed by atoms with Gasteiger partial charge in [0.25, 0.3) is 5.91 Å². The number of nitrogens with zero attached hydrogens (tertiary/aromatic N) is 2. The summed E-state index contributed by atoms with van der Waals surface area (Å²) in [4.78, 5) is 32.1. The highest BCUT2D eigenvalue weighted by Gasteiger charge is 2.14. The predicted molar refractivity (Wildman–Crippen MR) is 148 cm³/mol. The molecule has 2 aromatic heterocycles. The Bertz CT molecular complexity index is 1380. The molecule has 8 nitrogen and oxygen atoms in total. The Balaban J connectivity index is 0.000000364. The molecule has 0 fully saturated rings. The summed E-state index contributed by atoms with van der Waals surface area (Å²) in [5, 5.41) is 3.97. The van der Waals surface area contributed by atoms with Gasteiger partial charge < -0.3 is 25.7 Å². The summed E-state index contributed by atoms with van der Waals surface area (Å²) < 4.78 is 5.52. The zero-order valence-corrected chi connectivity index (χ0v) is 22.2. The van der Waals surface area contributed by atoms with Crippen molar-refractivity contribution in [1.82, 2.24) is 20.2 Å². The van der Waals surface area contributed by atoms with E-state index in [4.69, 9.17) is 10.5 Å². The second-order valence-electron chi connectivity index (χ2n) is 9.25. The molecule has 8 heteroatoms. The summed E-state index contributed by atoms with van der Waals surface area (Å²) >= 11 is 0. The molecular weight excluding hydrogens is 466 g/mol. The molecular formula is C29H35N5O3. The number of aromatic nitrogens is 2. The van der Waals surface area contributed by atoms with Crippen molar-refractivity contribution in [1.29, 1.82) is 0 Å². The lowest BCUT2D eigenvalue weighted by Gasteiger charge is -2.12. The van der Waals surface area contributed by atoms with Crippen molar-refractivity contribution in [2.75, 3.05) is 21.2 Å². The first-order valence-corrected chi connectivity index (χ1v) is 12.1. The Morgan fingerprint density at radius 3 is 2.35 bits per heavy atom. The Morgan fingerprint density at radius 2 is 1.73 bits per heavy atom. The van der Waals surface area contributed by atoms with Gasteiger partial charge in [0.05, 0.1) is 13.2 Å². The molecule has 0 radical (unpaired) electrons. The number of aromatic amines is 1. The Labute approximate surface area is 217 Å². The molecule has 0 aliphatic carbocycles. The fourth-order valence-corrected chi connectivity index (χ4v) is 3.92. The van der Waals surface area contributed by atoms with Gasteiger partial charge in [0, 0.05) is 60.2 Å². The van der Waals surface area contributed by atoms with Gasteiger partial charge in [-0.05, 0) is 36.8 Å². The topological polar surface area (TPSA) is 113 Å². The first-order valence-electron chi connectivity index (χ1n) is 12.1. The molecule has 1 atom stereocenters. The summed E-state index contributed by atoms with van der Waals surface area (Å²) in [6.07, 6.45) is 3.77. The van der Waals surface area contributed by atoms with Gasteiger partial charge in [0.1, 0.15) is 11.4 Å². The fourth-order valence-electron chi connectivity index (χ4n) is 3.92. The summed E-state index contributed by atoms with van der Waals surface area (Å²) in [5.74, 6) is 0.489. The van der Waals surface area contributed by atoms with E-state index in [9.17, 15) is 9.59 Å². The van der Waals surface area contributed by atoms with E-state index >= 15 is 0 Å². The number of nitrogens with one attached hydrogen (secondary N) is 2. The lowest BCUT2D eigenvalue weighted by molar-refractivity contribution is -0.119. The van der Waals surface area contributed by atoms with E-state index in [2.05, 4.69) is 21.4 Å². The zero-order valence-electron chi connectivity index (χ0n) is 22.2. The summed E-state index contributed by atoms with van der Waals surface area (Å²) in [6, 6.07) is 17.7. The molecule has 2 aromatic carbocycles. The Kier molecular flexibility index (Phi) is 9.03. The van der Waals surface area contributed by atoms with E-state index in [-0.39, 0.29) is 17.9 Å². The summed E-state index contributed by atoms with van der Waals surface area (Å²) in [7, 11) is 5.18. The van der Waals surface area contributed by atoms with Crippen molar-refractivity contribution in [2.45, 2.75) is 32.9 Å². The minimum absolute atomic E-state index is 0.0211. The predicted octanol–water partition coefficient (Wildman–Crippen LogP) is 4.47. The molecule has 0 saturated carbocycles. The van der Waals surface area contributed by atoms with E-state index < -0.39 is 0 Å². The maximum atomic E-state index is 12.3. The van der Waals surface area contributed by atoms with Gasteiger partial charge in [-0.15, -0.1) is 0 Å². The third-order valence-corrected chi connectivity index (χ3v) is 5.79. The highest BCUT2D eigenvalue weighted by molar-refractivity contribution is 5.98. The van der Waals surface area contributed by atoms with Gasteiger partial charge in [0.2, 0.25) is 5.91 Å². The van der Waals surface area contributed by atoms with E-state index in [1.807, 2.05) is 74.8 Å². The number of ether oxygens (including phenoxy) is 1. The van der Waals surface area contributed by atoms with E-state index in [1.54, 1.807) is 33.0 Å². The Morgan fingerprint density at radius 1 is 1.00 bits per heavy atom. The van der Waals surface area contributed by atoms with Crippen LogP contribution in [0.15, 0.2) is 67.0 Å². The van der Waals surface area contributed by atoms with Crippen LogP contribution in [0.3, 0.4) is 0 Å². The van der Waals surface area contributed by atoms with Crippen LogP contribution in [-0.4, -0.2) is 60.0 Å². The van der Waals surface area contributed by atoms with Gasteiger partial charge in [-0.25, -0.2) is 4.98 Å². The van der Waals surface area contributed by atoms with E-state index in [1.165, 1.54) is 0 Å². The number of nitrogens with two attached hydrogens (primary N) is 1. The number of carbonyl (C=O) groups is 2. The van der Waals surface area contributed by atoms with E-state index in [0.717, 1.165) is 39.0 Å². The van der Waals surface area contributed by atoms with Crippen molar-refractivity contribution in [3.05, 3.63) is 72.6 Å². The summed E-state index contributed by atoms with van der Waals surface area (Å²) in [6.45, 7) is 5.70. The molecule has 0 saturated heterocycles. The van der Waals surface area contributed by atoms with Crippen LogP contribution in [0.25, 0.3) is 33.3 Å². The minimum atomic E-state index is -0.302. The molecule has 4 N–H and O–H groups in total. The molecule has 0 aliphatic heterocycles. The number of para-hydroxylation sites is 1. The molecule has 0 unspecified atom stereocenters. The largest absolute Gasteiger partial charge is 0.496 e. The van der Waals surface area contributed by atoms with Gasteiger partial charge in [-0.3, -0.25) is 9.59 Å². The highest BCUT2D eigenvalue weighted by atomic mass is 16.5. The quantitative estimate of drug-likeness (QED) is 0.346. The molecule has 194 valence electrons.